The van der Waals surface area contributed by atoms with Crippen molar-refractivity contribution in [2.75, 3.05) is 0 Å². The van der Waals surface area contributed by atoms with Gasteiger partial charge in [-0.25, -0.2) is 9.78 Å². The Bertz CT molecular complexity index is 1190. The summed E-state index contributed by atoms with van der Waals surface area (Å²) in [5, 5.41) is 10.2. The maximum Gasteiger partial charge on any atom is 0.339 e. The van der Waals surface area contributed by atoms with Gasteiger partial charge in [-0.2, -0.15) is 0 Å². The third-order valence-corrected chi connectivity index (χ3v) is 5.61. The first kappa shape index (κ1) is 26.2. The van der Waals surface area contributed by atoms with Crippen LogP contribution in [0, 0.1) is 0 Å². The van der Waals surface area contributed by atoms with Crippen LogP contribution in [0.2, 0.25) is 0 Å². The molecule has 3 aromatic rings. The van der Waals surface area contributed by atoms with Gasteiger partial charge < -0.3 is 20.1 Å². The highest BCUT2D eigenvalue weighted by Crippen LogP contribution is 2.27. The summed E-state index contributed by atoms with van der Waals surface area (Å²) in [4.78, 5) is 29.6. The van der Waals surface area contributed by atoms with Gasteiger partial charge in [0.2, 0.25) is 0 Å². The van der Waals surface area contributed by atoms with E-state index < -0.39 is 17.6 Å². The average molecular weight is 478 g/mol. The van der Waals surface area contributed by atoms with Gasteiger partial charge in [0.25, 0.3) is 5.91 Å². The quantitative estimate of drug-likeness (QED) is 0.420. The molecule has 0 spiro atoms. The molecule has 1 aromatic heterocycles. The summed E-state index contributed by atoms with van der Waals surface area (Å²) in [6, 6.07) is 15.2. The van der Waals surface area contributed by atoms with E-state index in [0.29, 0.717) is 24.2 Å². The molecule has 0 fully saturated rings. The summed E-state index contributed by atoms with van der Waals surface area (Å²) in [6.45, 7) is 9.60. The van der Waals surface area contributed by atoms with Crippen LogP contribution in [0.15, 0.2) is 48.5 Å². The van der Waals surface area contributed by atoms with Crippen LogP contribution in [0.1, 0.15) is 91.5 Å². The van der Waals surface area contributed by atoms with Crippen molar-refractivity contribution in [3.8, 4) is 11.1 Å². The predicted molar refractivity (Wildman–Crippen MR) is 136 cm³/mol. The first-order valence-electron chi connectivity index (χ1n) is 12.0. The molecule has 7 nitrogen and oxygen atoms in total. The Morgan fingerprint density at radius 2 is 1.77 bits per heavy atom. The number of carbonyl (C=O) groups excluding carboxylic acids is 2. The van der Waals surface area contributed by atoms with Gasteiger partial charge in [0.1, 0.15) is 22.8 Å². The number of aromatic nitrogens is 2. The Hall–Kier alpha value is -3.45. The van der Waals surface area contributed by atoms with Gasteiger partial charge in [0.15, 0.2) is 0 Å². The van der Waals surface area contributed by atoms with Gasteiger partial charge >= 0.3 is 5.97 Å². The molecule has 0 radical (unpaired) electrons. The molecule has 3 rings (SSSR count). The van der Waals surface area contributed by atoms with Crippen LogP contribution in [0.25, 0.3) is 11.1 Å². The number of aryl methyl sites for hydroxylation is 1. The molecule has 0 bridgehead atoms. The normalized spacial score (nSPS) is 12.4. The minimum atomic E-state index is -0.897. The van der Waals surface area contributed by atoms with Crippen LogP contribution in [0.5, 0.6) is 0 Å². The molecule has 0 aliphatic heterocycles. The molecule has 0 aliphatic carbocycles. The number of hydrogen-bond donors (Lipinski definition) is 2. The van der Waals surface area contributed by atoms with Gasteiger partial charge in [-0.05, 0) is 56.9 Å². The monoisotopic (exact) mass is 477 g/mol. The molecular formula is C28H35N3O4. The minimum Gasteiger partial charge on any atom is -0.456 e. The lowest BCUT2D eigenvalue weighted by Gasteiger charge is -2.20. The van der Waals surface area contributed by atoms with Crippen molar-refractivity contribution in [3.63, 3.8) is 0 Å². The number of rotatable bonds is 9. The van der Waals surface area contributed by atoms with Crippen molar-refractivity contribution in [1.29, 1.82) is 0 Å². The Balaban J connectivity index is 1.94. The highest BCUT2D eigenvalue weighted by molar-refractivity contribution is 5.97. The van der Waals surface area contributed by atoms with Crippen LogP contribution >= 0.6 is 0 Å². The summed E-state index contributed by atoms with van der Waals surface area (Å²) >= 11 is 0. The van der Waals surface area contributed by atoms with Gasteiger partial charge in [-0.3, -0.25) is 4.79 Å². The number of unbranched alkanes of at least 4 members (excludes halogenated alkanes) is 1. The fraction of sp³-hybridized carbons (Fsp3) is 0.393. The zero-order valence-electron chi connectivity index (χ0n) is 21.2. The smallest absolute Gasteiger partial charge is 0.339 e. The predicted octanol–water partition coefficient (Wildman–Crippen LogP) is 5.05. The highest BCUT2D eigenvalue weighted by Gasteiger charge is 2.24. The van der Waals surface area contributed by atoms with E-state index in [9.17, 15) is 14.7 Å². The third kappa shape index (κ3) is 6.36. The summed E-state index contributed by atoms with van der Waals surface area (Å²) in [5.41, 5.74) is 8.76. The van der Waals surface area contributed by atoms with E-state index in [1.54, 1.807) is 13.0 Å². The Morgan fingerprint density at radius 3 is 2.34 bits per heavy atom. The number of esters is 1. The number of aliphatic hydroxyl groups excluding tert-OH is 1. The van der Waals surface area contributed by atoms with Crippen molar-refractivity contribution in [2.24, 2.45) is 5.73 Å². The maximum atomic E-state index is 12.7. The van der Waals surface area contributed by atoms with Crippen molar-refractivity contribution in [2.45, 2.75) is 72.1 Å². The molecule has 1 atom stereocenters. The summed E-state index contributed by atoms with van der Waals surface area (Å²) in [6.07, 6.45) is 1.68. The number of primary amides is 1. The Labute approximate surface area is 206 Å². The second kappa shape index (κ2) is 10.9. The number of nitrogens with two attached hydrogens (primary N) is 1. The van der Waals surface area contributed by atoms with Gasteiger partial charge in [0, 0.05) is 13.0 Å². The van der Waals surface area contributed by atoms with E-state index in [1.807, 2.05) is 67.8 Å². The standard InChI is InChI=1S/C28H35N3O4/c1-6-7-12-23-30-24(18(2)32)25(26(29)33)31(23)17-19-13-15-20(16-14-19)21-10-8-9-11-22(21)27(34)35-28(3,4)5/h8-11,13-16,18,32H,6-7,12,17H2,1-5H3,(H2,29,33). The van der Waals surface area contributed by atoms with E-state index in [-0.39, 0.29) is 11.7 Å². The largest absolute Gasteiger partial charge is 0.456 e. The molecule has 186 valence electrons. The van der Waals surface area contributed by atoms with Crippen LogP contribution in [-0.4, -0.2) is 32.1 Å². The topological polar surface area (TPSA) is 107 Å². The number of carbonyl (C=O) groups is 2. The summed E-state index contributed by atoms with van der Waals surface area (Å²) < 4.78 is 7.39. The highest BCUT2D eigenvalue weighted by atomic mass is 16.6. The molecule has 3 N–H and O–H groups in total. The number of hydrogen-bond acceptors (Lipinski definition) is 5. The van der Waals surface area contributed by atoms with Crippen LogP contribution in [-0.2, 0) is 17.7 Å². The van der Waals surface area contributed by atoms with Gasteiger partial charge in [0.05, 0.1) is 11.7 Å². The molecule has 0 saturated carbocycles. The van der Waals surface area contributed by atoms with Crippen molar-refractivity contribution in [1.82, 2.24) is 9.55 Å². The van der Waals surface area contributed by atoms with E-state index in [4.69, 9.17) is 10.5 Å². The molecule has 1 heterocycles. The molecular weight excluding hydrogens is 442 g/mol. The molecule has 0 saturated heterocycles. The molecule has 0 aliphatic rings. The maximum absolute atomic E-state index is 12.7. The van der Waals surface area contributed by atoms with Crippen LogP contribution in [0.4, 0.5) is 0 Å². The van der Waals surface area contributed by atoms with Crippen molar-refractivity contribution in [3.05, 3.63) is 76.9 Å². The SMILES string of the molecule is CCCCc1nc(C(C)O)c(C(N)=O)n1Cc1ccc(-c2ccccc2C(=O)OC(C)(C)C)cc1. The van der Waals surface area contributed by atoms with Crippen molar-refractivity contribution < 1.29 is 19.4 Å². The molecule has 2 aromatic carbocycles. The number of aliphatic hydroxyl groups is 1. The van der Waals surface area contributed by atoms with Gasteiger partial charge in [-0.1, -0.05) is 55.8 Å². The summed E-state index contributed by atoms with van der Waals surface area (Å²) in [5.74, 6) is -0.247. The van der Waals surface area contributed by atoms with E-state index >= 15 is 0 Å². The first-order valence-corrected chi connectivity index (χ1v) is 12.0. The fourth-order valence-corrected chi connectivity index (χ4v) is 3.98. The lowest BCUT2D eigenvalue weighted by molar-refractivity contribution is 0.00703. The lowest BCUT2D eigenvalue weighted by Crippen LogP contribution is -2.24. The second-order valence-electron chi connectivity index (χ2n) is 9.74. The summed E-state index contributed by atoms with van der Waals surface area (Å²) in [7, 11) is 0. The molecule has 35 heavy (non-hydrogen) atoms. The molecule has 7 heteroatoms. The van der Waals surface area contributed by atoms with E-state index in [2.05, 4.69) is 11.9 Å². The average Bonchev–Trinajstić information content (AvgIpc) is 3.15. The number of ether oxygens (including phenoxy) is 1. The fourth-order valence-electron chi connectivity index (χ4n) is 3.98. The van der Waals surface area contributed by atoms with Crippen LogP contribution < -0.4 is 5.73 Å². The van der Waals surface area contributed by atoms with Crippen molar-refractivity contribution >= 4 is 11.9 Å². The number of imidazole rings is 1. The Morgan fingerprint density at radius 1 is 1.11 bits per heavy atom. The molecule has 1 amide bonds. The number of amides is 1. The molecule has 1 unspecified atom stereocenters. The zero-order valence-corrected chi connectivity index (χ0v) is 21.2. The Kier molecular flexibility index (Phi) is 8.12. The second-order valence-corrected chi connectivity index (χ2v) is 9.74. The van der Waals surface area contributed by atoms with E-state index in [1.165, 1.54) is 0 Å². The van der Waals surface area contributed by atoms with E-state index in [0.717, 1.165) is 35.4 Å². The third-order valence-electron chi connectivity index (χ3n) is 5.61. The first-order chi connectivity index (χ1) is 16.5. The van der Waals surface area contributed by atoms with Crippen LogP contribution in [0.3, 0.4) is 0 Å². The zero-order chi connectivity index (χ0) is 25.8. The van der Waals surface area contributed by atoms with Gasteiger partial charge in [-0.15, -0.1) is 0 Å². The lowest BCUT2D eigenvalue weighted by atomic mass is 9.98. The minimum absolute atomic E-state index is 0.241. The number of benzene rings is 2. The number of nitrogens with zero attached hydrogens (tertiary/aromatic N) is 2.